The van der Waals surface area contributed by atoms with Crippen LogP contribution in [0.15, 0.2) is 28.7 Å². The van der Waals surface area contributed by atoms with E-state index in [-0.39, 0.29) is 12.6 Å². The molecule has 0 bridgehead atoms. The van der Waals surface area contributed by atoms with Gasteiger partial charge in [-0.1, -0.05) is 22.9 Å². The minimum absolute atomic E-state index is 0.0543. The molecule has 1 atom stereocenters. The SMILES string of the molecule is CCC(C)N(CCOc1ccc(Br)cc1)CC(=O)O. The van der Waals surface area contributed by atoms with E-state index in [2.05, 4.69) is 22.9 Å². The molecule has 1 unspecified atom stereocenters. The molecule has 5 heteroatoms. The summed E-state index contributed by atoms with van der Waals surface area (Å²) < 4.78 is 6.62. The number of hydrogen-bond donors (Lipinski definition) is 1. The van der Waals surface area contributed by atoms with Crippen molar-refractivity contribution in [1.82, 2.24) is 4.90 Å². The van der Waals surface area contributed by atoms with Crippen LogP contribution in [0.3, 0.4) is 0 Å². The first kappa shape index (κ1) is 16.0. The van der Waals surface area contributed by atoms with Crippen molar-refractivity contribution < 1.29 is 14.6 Å². The van der Waals surface area contributed by atoms with Gasteiger partial charge in [-0.2, -0.15) is 0 Å². The summed E-state index contributed by atoms with van der Waals surface area (Å²) in [4.78, 5) is 12.7. The zero-order chi connectivity index (χ0) is 14.3. The predicted molar refractivity (Wildman–Crippen MR) is 78.6 cm³/mol. The molecular weight excluding hydrogens is 310 g/mol. The average molecular weight is 330 g/mol. The van der Waals surface area contributed by atoms with Crippen LogP contribution in [0, 0.1) is 0 Å². The molecule has 4 nitrogen and oxygen atoms in total. The first-order chi connectivity index (χ1) is 9.02. The summed E-state index contributed by atoms with van der Waals surface area (Å²) in [5.41, 5.74) is 0. The van der Waals surface area contributed by atoms with Gasteiger partial charge in [0.25, 0.3) is 0 Å². The molecule has 0 saturated carbocycles. The monoisotopic (exact) mass is 329 g/mol. The van der Waals surface area contributed by atoms with Crippen LogP contribution in [0.1, 0.15) is 20.3 Å². The van der Waals surface area contributed by atoms with Crippen molar-refractivity contribution in [1.29, 1.82) is 0 Å². The second-order valence-corrected chi connectivity index (χ2v) is 5.34. The number of rotatable bonds is 8. The van der Waals surface area contributed by atoms with Crippen LogP contribution in [-0.2, 0) is 4.79 Å². The Hall–Kier alpha value is -1.07. The van der Waals surface area contributed by atoms with Gasteiger partial charge in [-0.05, 0) is 37.6 Å². The van der Waals surface area contributed by atoms with Gasteiger partial charge in [0.15, 0.2) is 0 Å². The lowest BCUT2D eigenvalue weighted by Gasteiger charge is -2.26. The van der Waals surface area contributed by atoms with Gasteiger partial charge in [0.05, 0.1) is 6.54 Å². The van der Waals surface area contributed by atoms with Gasteiger partial charge in [0.2, 0.25) is 0 Å². The van der Waals surface area contributed by atoms with E-state index in [4.69, 9.17) is 9.84 Å². The molecule has 1 aromatic carbocycles. The lowest BCUT2D eigenvalue weighted by molar-refractivity contribution is -0.139. The number of hydrogen-bond acceptors (Lipinski definition) is 3. The van der Waals surface area contributed by atoms with Crippen molar-refractivity contribution in [2.45, 2.75) is 26.3 Å². The van der Waals surface area contributed by atoms with Crippen LogP contribution in [0.4, 0.5) is 0 Å². The second-order valence-electron chi connectivity index (χ2n) is 4.42. The maximum Gasteiger partial charge on any atom is 0.317 e. The third-order valence-corrected chi connectivity index (χ3v) is 3.54. The summed E-state index contributed by atoms with van der Waals surface area (Å²) in [7, 11) is 0. The van der Waals surface area contributed by atoms with E-state index >= 15 is 0 Å². The molecule has 0 heterocycles. The van der Waals surface area contributed by atoms with E-state index in [1.165, 1.54) is 0 Å². The average Bonchev–Trinajstić information content (AvgIpc) is 2.38. The molecule has 0 radical (unpaired) electrons. The van der Waals surface area contributed by atoms with Gasteiger partial charge < -0.3 is 9.84 Å². The number of nitrogens with zero attached hydrogens (tertiary/aromatic N) is 1. The largest absolute Gasteiger partial charge is 0.492 e. The smallest absolute Gasteiger partial charge is 0.317 e. The number of carbonyl (C=O) groups is 1. The fraction of sp³-hybridized carbons (Fsp3) is 0.500. The molecule has 0 amide bonds. The molecule has 0 fully saturated rings. The van der Waals surface area contributed by atoms with E-state index in [9.17, 15) is 4.79 Å². The van der Waals surface area contributed by atoms with E-state index in [1.54, 1.807) is 0 Å². The van der Waals surface area contributed by atoms with Crippen LogP contribution >= 0.6 is 15.9 Å². The highest BCUT2D eigenvalue weighted by Gasteiger charge is 2.15. The Balaban J connectivity index is 2.43. The number of benzene rings is 1. The van der Waals surface area contributed by atoms with Gasteiger partial charge in [0.1, 0.15) is 12.4 Å². The van der Waals surface area contributed by atoms with Crippen molar-refractivity contribution in [3.8, 4) is 5.75 Å². The topological polar surface area (TPSA) is 49.8 Å². The standard InChI is InChI=1S/C14H20BrNO3/c1-3-11(2)16(10-14(17)18)8-9-19-13-6-4-12(15)5-7-13/h4-7,11H,3,8-10H2,1-2H3,(H,17,18). The minimum atomic E-state index is -0.802. The first-order valence-electron chi connectivity index (χ1n) is 6.37. The van der Waals surface area contributed by atoms with Crippen molar-refractivity contribution >= 4 is 21.9 Å². The Labute approximate surface area is 122 Å². The van der Waals surface area contributed by atoms with Gasteiger partial charge in [-0.3, -0.25) is 9.69 Å². The fourth-order valence-electron chi connectivity index (χ4n) is 1.70. The van der Waals surface area contributed by atoms with E-state index in [1.807, 2.05) is 36.1 Å². The number of carboxylic acids is 1. The number of carboxylic acid groups (broad SMARTS) is 1. The molecule has 1 rings (SSSR count). The molecular formula is C14H20BrNO3. The Bertz CT molecular complexity index is 394. The quantitative estimate of drug-likeness (QED) is 0.796. The van der Waals surface area contributed by atoms with Crippen molar-refractivity contribution in [3.63, 3.8) is 0 Å². The highest BCUT2D eigenvalue weighted by atomic mass is 79.9. The number of ether oxygens (including phenoxy) is 1. The zero-order valence-electron chi connectivity index (χ0n) is 11.3. The Morgan fingerprint density at radius 1 is 1.42 bits per heavy atom. The Morgan fingerprint density at radius 2 is 2.05 bits per heavy atom. The van der Waals surface area contributed by atoms with Crippen LogP contribution < -0.4 is 4.74 Å². The Morgan fingerprint density at radius 3 is 2.58 bits per heavy atom. The summed E-state index contributed by atoms with van der Waals surface area (Å²) in [5, 5.41) is 8.89. The highest BCUT2D eigenvalue weighted by molar-refractivity contribution is 9.10. The minimum Gasteiger partial charge on any atom is -0.492 e. The van der Waals surface area contributed by atoms with Gasteiger partial charge in [0, 0.05) is 17.1 Å². The first-order valence-corrected chi connectivity index (χ1v) is 7.16. The van der Waals surface area contributed by atoms with E-state index in [0.29, 0.717) is 13.2 Å². The molecule has 1 N–H and O–H groups in total. The van der Waals surface area contributed by atoms with Crippen LogP contribution in [-0.4, -0.2) is 41.7 Å². The van der Waals surface area contributed by atoms with E-state index in [0.717, 1.165) is 16.6 Å². The maximum atomic E-state index is 10.8. The molecule has 0 spiro atoms. The van der Waals surface area contributed by atoms with Gasteiger partial charge in [-0.25, -0.2) is 0 Å². The van der Waals surface area contributed by atoms with Crippen molar-refractivity contribution in [2.24, 2.45) is 0 Å². The van der Waals surface area contributed by atoms with Crippen molar-refractivity contribution in [3.05, 3.63) is 28.7 Å². The number of aliphatic carboxylic acids is 1. The van der Waals surface area contributed by atoms with Gasteiger partial charge >= 0.3 is 5.97 Å². The highest BCUT2D eigenvalue weighted by Crippen LogP contribution is 2.16. The molecule has 1 aromatic rings. The number of halogens is 1. The third kappa shape index (κ3) is 6.07. The van der Waals surface area contributed by atoms with E-state index < -0.39 is 5.97 Å². The normalized spacial score (nSPS) is 12.4. The van der Waals surface area contributed by atoms with Gasteiger partial charge in [-0.15, -0.1) is 0 Å². The third-order valence-electron chi connectivity index (χ3n) is 3.01. The zero-order valence-corrected chi connectivity index (χ0v) is 12.9. The molecule has 106 valence electrons. The summed E-state index contributed by atoms with van der Waals surface area (Å²) >= 11 is 3.36. The summed E-state index contributed by atoms with van der Waals surface area (Å²) in [6, 6.07) is 7.84. The van der Waals surface area contributed by atoms with Crippen LogP contribution in [0.5, 0.6) is 5.75 Å². The molecule has 0 aliphatic carbocycles. The van der Waals surface area contributed by atoms with Crippen molar-refractivity contribution in [2.75, 3.05) is 19.7 Å². The lowest BCUT2D eigenvalue weighted by atomic mass is 10.2. The summed E-state index contributed by atoms with van der Waals surface area (Å²) in [6.45, 7) is 5.23. The molecule has 0 aliphatic heterocycles. The lowest BCUT2D eigenvalue weighted by Crippen LogP contribution is -2.39. The molecule has 0 saturated heterocycles. The summed E-state index contributed by atoms with van der Waals surface area (Å²) in [5.74, 6) is -0.00781. The maximum absolute atomic E-state index is 10.8. The second kappa shape index (κ2) is 8.17. The van der Waals surface area contributed by atoms with Crippen LogP contribution in [0.2, 0.25) is 0 Å². The summed E-state index contributed by atoms with van der Waals surface area (Å²) in [6.07, 6.45) is 0.922. The van der Waals surface area contributed by atoms with Crippen LogP contribution in [0.25, 0.3) is 0 Å². The molecule has 0 aromatic heterocycles. The predicted octanol–water partition coefficient (Wildman–Crippen LogP) is 3.01. The molecule has 19 heavy (non-hydrogen) atoms. The fourth-order valence-corrected chi connectivity index (χ4v) is 1.96. The molecule has 0 aliphatic rings. The Kier molecular flexibility index (Phi) is 6.87.